The van der Waals surface area contributed by atoms with Crippen molar-refractivity contribution in [3.05, 3.63) is 35.4 Å². The van der Waals surface area contributed by atoms with Gasteiger partial charge in [-0.3, -0.25) is 0 Å². The molecule has 0 bridgehead atoms. The van der Waals surface area contributed by atoms with Crippen LogP contribution < -0.4 is 10.5 Å². The molecule has 1 fully saturated rings. The van der Waals surface area contributed by atoms with E-state index in [9.17, 15) is 8.42 Å². The predicted octanol–water partition coefficient (Wildman–Crippen LogP) is 0.589. The molecule has 2 unspecified atom stereocenters. The van der Waals surface area contributed by atoms with E-state index in [0.717, 1.165) is 11.1 Å². The van der Waals surface area contributed by atoms with Gasteiger partial charge in [0.2, 0.25) is 0 Å². The quantitative estimate of drug-likeness (QED) is 0.833. The summed E-state index contributed by atoms with van der Waals surface area (Å²) in [6.07, 6.45) is -0.191. The fourth-order valence-electron chi connectivity index (χ4n) is 2.52. The molecule has 0 aliphatic carbocycles. The first kappa shape index (κ1) is 16.4. The van der Waals surface area contributed by atoms with Crippen molar-refractivity contribution >= 4 is 10.2 Å². The maximum atomic E-state index is 12.4. The molecule has 1 aliphatic rings. The maximum Gasteiger partial charge on any atom is 0.279 e. The highest BCUT2D eigenvalue weighted by molar-refractivity contribution is 7.87. The van der Waals surface area contributed by atoms with Gasteiger partial charge in [-0.25, -0.2) is 0 Å². The van der Waals surface area contributed by atoms with E-state index in [0.29, 0.717) is 19.6 Å². The average molecular weight is 313 g/mol. The minimum absolute atomic E-state index is 0.0957. The van der Waals surface area contributed by atoms with E-state index < -0.39 is 10.2 Å². The van der Waals surface area contributed by atoms with Gasteiger partial charge in [0.15, 0.2) is 0 Å². The second kappa shape index (κ2) is 6.85. The molecule has 0 aromatic heterocycles. The van der Waals surface area contributed by atoms with Crippen LogP contribution in [0.3, 0.4) is 0 Å². The number of morpholine rings is 1. The van der Waals surface area contributed by atoms with Crippen LogP contribution in [-0.2, 0) is 28.0 Å². The third-order valence-corrected chi connectivity index (χ3v) is 5.00. The summed E-state index contributed by atoms with van der Waals surface area (Å²) >= 11 is 0. The summed E-state index contributed by atoms with van der Waals surface area (Å²) in [5.41, 5.74) is 7.51. The summed E-state index contributed by atoms with van der Waals surface area (Å²) < 4.78 is 34.4. The highest BCUT2D eigenvalue weighted by Gasteiger charge is 2.30. The second-order valence-electron chi connectivity index (χ2n) is 5.37. The van der Waals surface area contributed by atoms with Crippen LogP contribution in [0, 0.1) is 0 Å². The van der Waals surface area contributed by atoms with Crippen LogP contribution in [0.4, 0.5) is 0 Å². The van der Waals surface area contributed by atoms with Gasteiger partial charge in [0, 0.05) is 26.2 Å². The molecular formula is C14H23N3O3S. The molecule has 0 saturated carbocycles. The maximum absolute atomic E-state index is 12.4. The Balaban J connectivity index is 2.04. The molecular weight excluding hydrogens is 290 g/mol. The Morgan fingerprint density at radius 2 is 1.81 bits per heavy atom. The number of hydrogen-bond donors (Lipinski definition) is 2. The van der Waals surface area contributed by atoms with Gasteiger partial charge in [-0.2, -0.15) is 17.4 Å². The lowest BCUT2D eigenvalue weighted by Crippen LogP contribution is -2.51. The topological polar surface area (TPSA) is 84.7 Å². The molecule has 1 saturated heterocycles. The smallest absolute Gasteiger partial charge is 0.279 e. The van der Waals surface area contributed by atoms with Crippen LogP contribution in [0.25, 0.3) is 0 Å². The van der Waals surface area contributed by atoms with E-state index in [4.69, 9.17) is 10.5 Å². The van der Waals surface area contributed by atoms with E-state index in [1.165, 1.54) is 4.31 Å². The van der Waals surface area contributed by atoms with Crippen molar-refractivity contribution in [1.82, 2.24) is 9.03 Å². The van der Waals surface area contributed by atoms with Crippen molar-refractivity contribution in [2.45, 2.75) is 39.1 Å². The monoisotopic (exact) mass is 313 g/mol. The van der Waals surface area contributed by atoms with Crippen molar-refractivity contribution in [3.8, 4) is 0 Å². The van der Waals surface area contributed by atoms with Crippen molar-refractivity contribution < 1.29 is 13.2 Å². The van der Waals surface area contributed by atoms with Gasteiger partial charge in [0.1, 0.15) is 0 Å². The highest BCUT2D eigenvalue weighted by atomic mass is 32.2. The van der Waals surface area contributed by atoms with E-state index in [1.807, 2.05) is 38.1 Å². The van der Waals surface area contributed by atoms with Crippen molar-refractivity contribution in [2.75, 3.05) is 13.1 Å². The Morgan fingerprint density at radius 3 is 2.38 bits per heavy atom. The summed E-state index contributed by atoms with van der Waals surface area (Å²) in [5, 5.41) is 0. The largest absolute Gasteiger partial charge is 0.373 e. The van der Waals surface area contributed by atoms with Gasteiger partial charge in [0.05, 0.1) is 12.2 Å². The molecule has 7 heteroatoms. The Morgan fingerprint density at radius 1 is 1.24 bits per heavy atom. The van der Waals surface area contributed by atoms with Gasteiger partial charge < -0.3 is 10.5 Å². The molecule has 21 heavy (non-hydrogen) atoms. The van der Waals surface area contributed by atoms with Crippen LogP contribution in [0.2, 0.25) is 0 Å². The van der Waals surface area contributed by atoms with E-state index in [-0.39, 0.29) is 18.8 Å². The fourth-order valence-corrected chi connectivity index (χ4v) is 3.85. The van der Waals surface area contributed by atoms with Crippen LogP contribution in [0.1, 0.15) is 25.0 Å². The van der Waals surface area contributed by atoms with E-state index >= 15 is 0 Å². The molecule has 1 aliphatic heterocycles. The van der Waals surface area contributed by atoms with Crippen LogP contribution in [0.15, 0.2) is 24.3 Å². The Bertz CT molecular complexity index is 567. The lowest BCUT2D eigenvalue weighted by Gasteiger charge is -2.34. The molecule has 0 spiro atoms. The number of rotatable bonds is 5. The normalized spacial score (nSPS) is 24.1. The predicted molar refractivity (Wildman–Crippen MR) is 81.7 cm³/mol. The van der Waals surface area contributed by atoms with Gasteiger partial charge in [-0.1, -0.05) is 24.3 Å². The zero-order chi connectivity index (χ0) is 15.5. The molecule has 3 N–H and O–H groups in total. The molecule has 1 aromatic carbocycles. The van der Waals surface area contributed by atoms with Gasteiger partial charge in [-0.15, -0.1) is 0 Å². The number of ether oxygens (including phenoxy) is 1. The third-order valence-electron chi connectivity index (χ3n) is 3.51. The SMILES string of the molecule is CC1CN(S(=O)(=O)NCc2ccccc2CN)CC(C)O1. The fraction of sp³-hybridized carbons (Fsp3) is 0.571. The van der Waals surface area contributed by atoms with E-state index in [2.05, 4.69) is 4.72 Å². The summed E-state index contributed by atoms with van der Waals surface area (Å²) in [5.74, 6) is 0. The Hall–Kier alpha value is -0.990. The van der Waals surface area contributed by atoms with E-state index in [1.54, 1.807) is 0 Å². The average Bonchev–Trinajstić information content (AvgIpc) is 2.44. The zero-order valence-corrected chi connectivity index (χ0v) is 13.3. The standard InChI is InChI=1S/C14H23N3O3S/c1-11-9-17(10-12(2)20-11)21(18,19)16-8-14-6-4-3-5-13(14)7-15/h3-6,11-12,16H,7-10,15H2,1-2H3. The Labute approximate surface area is 126 Å². The summed E-state index contributed by atoms with van der Waals surface area (Å²) in [6, 6.07) is 7.56. The molecule has 118 valence electrons. The summed E-state index contributed by atoms with van der Waals surface area (Å²) in [7, 11) is -3.51. The highest BCUT2D eigenvalue weighted by Crippen LogP contribution is 2.14. The molecule has 0 amide bonds. The van der Waals surface area contributed by atoms with Crippen molar-refractivity contribution in [3.63, 3.8) is 0 Å². The van der Waals surface area contributed by atoms with Crippen molar-refractivity contribution in [1.29, 1.82) is 0 Å². The van der Waals surface area contributed by atoms with Crippen LogP contribution >= 0.6 is 0 Å². The van der Waals surface area contributed by atoms with Gasteiger partial charge >= 0.3 is 0 Å². The van der Waals surface area contributed by atoms with Crippen LogP contribution in [0.5, 0.6) is 0 Å². The summed E-state index contributed by atoms with van der Waals surface area (Å²) in [6.45, 7) is 5.14. The number of hydrogen-bond acceptors (Lipinski definition) is 4. The minimum Gasteiger partial charge on any atom is -0.373 e. The van der Waals surface area contributed by atoms with Crippen LogP contribution in [-0.4, -0.2) is 38.0 Å². The number of nitrogens with zero attached hydrogens (tertiary/aromatic N) is 1. The molecule has 2 rings (SSSR count). The van der Waals surface area contributed by atoms with Gasteiger partial charge in [0.25, 0.3) is 10.2 Å². The summed E-state index contributed by atoms with van der Waals surface area (Å²) in [4.78, 5) is 0. The molecule has 1 aromatic rings. The first-order valence-corrected chi connectivity index (χ1v) is 8.53. The number of nitrogens with two attached hydrogens (primary N) is 1. The van der Waals surface area contributed by atoms with Crippen molar-refractivity contribution in [2.24, 2.45) is 5.73 Å². The second-order valence-corrected chi connectivity index (χ2v) is 7.13. The lowest BCUT2D eigenvalue weighted by atomic mass is 10.1. The first-order valence-electron chi connectivity index (χ1n) is 7.09. The minimum atomic E-state index is -3.51. The Kier molecular flexibility index (Phi) is 5.34. The number of nitrogens with one attached hydrogen (secondary N) is 1. The molecule has 1 heterocycles. The number of benzene rings is 1. The molecule has 6 nitrogen and oxygen atoms in total. The zero-order valence-electron chi connectivity index (χ0n) is 12.5. The lowest BCUT2D eigenvalue weighted by molar-refractivity contribution is -0.0444. The molecule has 0 radical (unpaired) electrons. The third kappa shape index (κ3) is 4.24. The molecule has 2 atom stereocenters. The van der Waals surface area contributed by atoms with Gasteiger partial charge in [-0.05, 0) is 25.0 Å². The first-order chi connectivity index (χ1) is 9.92.